The highest BCUT2D eigenvalue weighted by atomic mass is 19.3. The molecular weight excluding hydrogens is 208 g/mol. The smallest absolute Gasteiger partial charge is 0.242 e. The average Bonchev–Trinajstić information content (AvgIpc) is 2.30. The largest absolute Gasteiger partial charge is 0.317 e. The summed E-state index contributed by atoms with van der Waals surface area (Å²) in [7, 11) is 0. The van der Waals surface area contributed by atoms with Gasteiger partial charge in [-0.15, -0.1) is 0 Å². The quantitative estimate of drug-likeness (QED) is 0.834. The summed E-state index contributed by atoms with van der Waals surface area (Å²) in [5.41, 5.74) is 2.02. The highest BCUT2D eigenvalue weighted by molar-refractivity contribution is 5.26. The number of benzene rings is 1. The molecule has 1 aliphatic rings. The zero-order valence-corrected chi connectivity index (χ0v) is 9.26. The van der Waals surface area contributed by atoms with E-state index in [2.05, 4.69) is 5.32 Å². The maximum Gasteiger partial charge on any atom is 0.242 e. The first kappa shape index (κ1) is 11.5. The summed E-state index contributed by atoms with van der Waals surface area (Å²) in [6, 6.07) is 7.69. The highest BCUT2D eigenvalue weighted by Gasteiger charge is 2.14. The van der Waals surface area contributed by atoms with Gasteiger partial charge in [0.25, 0.3) is 0 Å². The summed E-state index contributed by atoms with van der Waals surface area (Å²) in [5, 5.41) is 3.32. The summed E-state index contributed by atoms with van der Waals surface area (Å²) < 4.78 is 24.3. The first-order chi connectivity index (χ1) is 7.75. The molecule has 2 rings (SSSR count). The number of hydrogen-bond donors (Lipinski definition) is 1. The average molecular weight is 225 g/mol. The molecule has 1 saturated heterocycles. The maximum absolute atomic E-state index is 12.2. The molecule has 1 nitrogen and oxygen atoms in total. The molecule has 1 fully saturated rings. The van der Waals surface area contributed by atoms with E-state index < -0.39 is 6.43 Å². The molecule has 0 amide bonds. The second kappa shape index (κ2) is 5.39. The fraction of sp³-hybridized carbons (Fsp3) is 0.538. The van der Waals surface area contributed by atoms with E-state index in [0.29, 0.717) is 5.92 Å². The zero-order chi connectivity index (χ0) is 11.4. The van der Waals surface area contributed by atoms with Gasteiger partial charge in [0.1, 0.15) is 0 Å². The molecule has 0 saturated carbocycles. The van der Waals surface area contributed by atoms with Crippen molar-refractivity contribution < 1.29 is 8.78 Å². The van der Waals surface area contributed by atoms with Crippen LogP contribution in [0.3, 0.4) is 0 Å². The maximum atomic E-state index is 12.2. The molecule has 1 N–H and O–H groups in total. The molecule has 1 aromatic rings. The third-order valence-corrected chi connectivity index (χ3v) is 3.18. The summed E-state index contributed by atoms with van der Waals surface area (Å²) in [6.45, 7) is 2.12. The van der Waals surface area contributed by atoms with Gasteiger partial charge in [-0.05, 0) is 43.0 Å². The Hall–Kier alpha value is -0.960. The molecule has 88 valence electrons. The lowest BCUT2D eigenvalue weighted by atomic mass is 9.89. The van der Waals surface area contributed by atoms with Crippen LogP contribution >= 0.6 is 0 Å². The van der Waals surface area contributed by atoms with Crippen LogP contribution in [0, 0.1) is 0 Å². The van der Waals surface area contributed by atoms with Crippen LogP contribution in [-0.2, 0) is 6.42 Å². The normalized spacial score (nSPS) is 17.9. The van der Waals surface area contributed by atoms with Gasteiger partial charge in [0.05, 0.1) is 0 Å². The monoisotopic (exact) mass is 225 g/mol. The fourth-order valence-corrected chi connectivity index (χ4v) is 2.26. The lowest BCUT2D eigenvalue weighted by molar-refractivity contribution is 0.149. The number of hydrogen-bond acceptors (Lipinski definition) is 1. The van der Waals surface area contributed by atoms with E-state index in [1.165, 1.54) is 5.56 Å². The molecule has 0 spiro atoms. The van der Waals surface area contributed by atoms with Crippen LogP contribution in [0.1, 0.15) is 29.9 Å². The summed E-state index contributed by atoms with van der Waals surface area (Å²) in [5.74, 6) is 0.599. The van der Waals surface area contributed by atoms with Crippen LogP contribution in [0.15, 0.2) is 24.3 Å². The molecular formula is C13H17F2N. The van der Waals surface area contributed by atoms with Gasteiger partial charge in [-0.3, -0.25) is 0 Å². The van der Waals surface area contributed by atoms with Gasteiger partial charge < -0.3 is 5.32 Å². The van der Waals surface area contributed by atoms with Crippen molar-refractivity contribution in [2.24, 2.45) is 0 Å². The summed E-state index contributed by atoms with van der Waals surface area (Å²) in [4.78, 5) is 0. The number of rotatable bonds is 3. The second-order valence-corrected chi connectivity index (χ2v) is 4.36. The van der Waals surface area contributed by atoms with E-state index in [4.69, 9.17) is 0 Å². The van der Waals surface area contributed by atoms with Crippen LogP contribution in [0.4, 0.5) is 8.78 Å². The lowest BCUT2D eigenvalue weighted by Crippen LogP contribution is -2.26. The second-order valence-electron chi connectivity index (χ2n) is 4.36. The van der Waals surface area contributed by atoms with Crippen LogP contribution in [0.25, 0.3) is 0 Å². The minimum Gasteiger partial charge on any atom is -0.317 e. The van der Waals surface area contributed by atoms with E-state index in [1.54, 1.807) is 0 Å². The molecule has 0 unspecified atom stereocenters. The van der Waals surface area contributed by atoms with Gasteiger partial charge in [-0.2, -0.15) is 0 Å². The Kier molecular flexibility index (Phi) is 3.88. The third kappa shape index (κ3) is 3.01. The van der Waals surface area contributed by atoms with Gasteiger partial charge >= 0.3 is 0 Å². The molecule has 0 bridgehead atoms. The predicted octanol–water partition coefficient (Wildman–Crippen LogP) is 2.96. The van der Waals surface area contributed by atoms with Gasteiger partial charge in [0.2, 0.25) is 6.43 Å². The minimum atomic E-state index is -2.25. The van der Waals surface area contributed by atoms with Gasteiger partial charge in [-0.1, -0.05) is 24.3 Å². The standard InChI is InChI=1S/C13H17F2N/c14-13(15)9-10-1-3-11(4-2-10)12-5-7-16-8-6-12/h1-4,12-13,16H,5-9H2. The van der Waals surface area contributed by atoms with Crippen LogP contribution in [0.5, 0.6) is 0 Å². The Morgan fingerprint density at radius 1 is 1.12 bits per heavy atom. The predicted molar refractivity (Wildman–Crippen MR) is 61.0 cm³/mol. The van der Waals surface area contributed by atoms with Gasteiger partial charge in [0.15, 0.2) is 0 Å². The van der Waals surface area contributed by atoms with Crippen molar-refractivity contribution in [2.45, 2.75) is 31.6 Å². The van der Waals surface area contributed by atoms with Crippen molar-refractivity contribution in [3.8, 4) is 0 Å². The van der Waals surface area contributed by atoms with Crippen LogP contribution < -0.4 is 5.32 Å². The van der Waals surface area contributed by atoms with E-state index in [0.717, 1.165) is 31.5 Å². The molecule has 16 heavy (non-hydrogen) atoms. The van der Waals surface area contributed by atoms with E-state index in [9.17, 15) is 8.78 Å². The van der Waals surface area contributed by atoms with Crippen LogP contribution in [0.2, 0.25) is 0 Å². The van der Waals surface area contributed by atoms with Crippen molar-refractivity contribution >= 4 is 0 Å². The van der Waals surface area contributed by atoms with E-state index in [-0.39, 0.29) is 6.42 Å². The Morgan fingerprint density at radius 2 is 1.75 bits per heavy atom. The Labute approximate surface area is 94.9 Å². The van der Waals surface area contributed by atoms with Crippen LogP contribution in [-0.4, -0.2) is 19.5 Å². The zero-order valence-electron chi connectivity index (χ0n) is 9.26. The number of halogens is 2. The lowest BCUT2D eigenvalue weighted by Gasteiger charge is -2.23. The molecule has 0 radical (unpaired) electrons. The highest BCUT2D eigenvalue weighted by Crippen LogP contribution is 2.25. The summed E-state index contributed by atoms with van der Waals surface area (Å²) >= 11 is 0. The van der Waals surface area contributed by atoms with Gasteiger partial charge in [0, 0.05) is 6.42 Å². The topological polar surface area (TPSA) is 12.0 Å². The van der Waals surface area contributed by atoms with E-state index in [1.807, 2.05) is 24.3 Å². The molecule has 1 aromatic carbocycles. The third-order valence-electron chi connectivity index (χ3n) is 3.18. The van der Waals surface area contributed by atoms with E-state index >= 15 is 0 Å². The summed E-state index contributed by atoms with van der Waals surface area (Å²) in [6.07, 6.45) is -0.0840. The first-order valence-electron chi connectivity index (χ1n) is 5.83. The fourth-order valence-electron chi connectivity index (χ4n) is 2.26. The first-order valence-corrected chi connectivity index (χ1v) is 5.83. The number of alkyl halides is 2. The molecule has 0 aliphatic carbocycles. The Balaban J connectivity index is 2.00. The number of nitrogens with one attached hydrogen (secondary N) is 1. The molecule has 1 heterocycles. The SMILES string of the molecule is FC(F)Cc1ccc(C2CCNCC2)cc1. The molecule has 0 atom stereocenters. The Morgan fingerprint density at radius 3 is 2.31 bits per heavy atom. The van der Waals surface area contributed by atoms with Crippen molar-refractivity contribution in [1.29, 1.82) is 0 Å². The van der Waals surface area contributed by atoms with Crippen molar-refractivity contribution in [1.82, 2.24) is 5.32 Å². The Bertz CT molecular complexity index is 315. The van der Waals surface area contributed by atoms with Gasteiger partial charge in [-0.25, -0.2) is 8.78 Å². The minimum absolute atomic E-state index is 0.132. The molecule has 3 heteroatoms. The molecule has 0 aromatic heterocycles. The van der Waals surface area contributed by atoms with Crippen molar-refractivity contribution in [2.75, 3.05) is 13.1 Å². The number of piperidine rings is 1. The van der Waals surface area contributed by atoms with Crippen molar-refractivity contribution in [3.63, 3.8) is 0 Å². The molecule has 1 aliphatic heterocycles. The van der Waals surface area contributed by atoms with Crippen molar-refractivity contribution in [3.05, 3.63) is 35.4 Å².